The Balaban J connectivity index is 2.37. The molecule has 1 saturated heterocycles. The van der Waals surface area contributed by atoms with Gasteiger partial charge in [0.15, 0.2) is 0 Å². The second-order valence-corrected chi connectivity index (χ2v) is 3.71. The third kappa shape index (κ3) is 1.91. The van der Waals surface area contributed by atoms with Gasteiger partial charge in [0.2, 0.25) is 0 Å². The summed E-state index contributed by atoms with van der Waals surface area (Å²) in [6.07, 6.45) is 0. The lowest BCUT2D eigenvalue weighted by molar-refractivity contribution is -0.233. The van der Waals surface area contributed by atoms with Crippen molar-refractivity contribution >= 4 is 11.9 Å². The molecular weight excluding hydrogens is 227 g/mol. The lowest BCUT2D eigenvalue weighted by Gasteiger charge is -2.33. The maximum Gasteiger partial charge on any atom is 0.348 e. The molecule has 0 radical (unpaired) electrons. The molecule has 4 nitrogen and oxygen atoms in total. The van der Waals surface area contributed by atoms with Crippen molar-refractivity contribution in [1.29, 1.82) is 0 Å². The van der Waals surface area contributed by atoms with Crippen LogP contribution >= 0.6 is 0 Å². The quantitative estimate of drug-likeness (QED) is 0.422. The smallest absolute Gasteiger partial charge is 0.348 e. The van der Waals surface area contributed by atoms with Gasteiger partial charge in [-0.1, -0.05) is 6.58 Å². The van der Waals surface area contributed by atoms with Gasteiger partial charge in [-0.25, -0.2) is 14.0 Å². The van der Waals surface area contributed by atoms with Crippen LogP contribution in [0.4, 0.5) is 4.39 Å². The maximum atomic E-state index is 12.8. The lowest BCUT2D eigenvalue weighted by Crippen LogP contribution is -2.41. The summed E-state index contributed by atoms with van der Waals surface area (Å²) in [5, 5.41) is 0. The van der Waals surface area contributed by atoms with E-state index in [-0.39, 0.29) is 5.57 Å². The van der Waals surface area contributed by atoms with Gasteiger partial charge in [-0.3, -0.25) is 0 Å². The molecule has 88 valence electrons. The molecule has 1 heterocycles. The topological polar surface area (TPSA) is 52.6 Å². The first kappa shape index (κ1) is 11.3. The summed E-state index contributed by atoms with van der Waals surface area (Å²) in [4.78, 5) is 22.7. The first-order valence-corrected chi connectivity index (χ1v) is 4.84. The molecule has 1 aromatic carbocycles. The Bertz CT molecular complexity index is 484. The first-order chi connectivity index (χ1) is 7.92. The number of ether oxygens (including phenoxy) is 2. The summed E-state index contributed by atoms with van der Waals surface area (Å²) >= 11 is 0. The minimum atomic E-state index is -1.54. The molecule has 1 aliphatic rings. The summed E-state index contributed by atoms with van der Waals surface area (Å²) in [5.41, 5.74) is 0.0117. The van der Waals surface area contributed by atoms with Gasteiger partial charge in [0, 0.05) is 12.5 Å². The molecule has 1 aromatic rings. The first-order valence-electron chi connectivity index (χ1n) is 4.84. The molecule has 0 spiro atoms. The van der Waals surface area contributed by atoms with E-state index in [1.165, 1.54) is 31.2 Å². The maximum absolute atomic E-state index is 12.8. The Hall–Kier alpha value is -2.17. The minimum Gasteiger partial charge on any atom is -0.414 e. The van der Waals surface area contributed by atoms with Crippen molar-refractivity contribution in [3.05, 3.63) is 47.8 Å². The molecule has 0 unspecified atom stereocenters. The number of cyclic esters (lactones) is 2. The molecule has 0 aromatic heterocycles. The van der Waals surface area contributed by atoms with E-state index in [0.717, 1.165) is 0 Å². The van der Waals surface area contributed by atoms with Crippen molar-refractivity contribution < 1.29 is 23.5 Å². The summed E-state index contributed by atoms with van der Waals surface area (Å²) in [6.45, 7) is 4.65. The van der Waals surface area contributed by atoms with Crippen molar-refractivity contribution in [3.63, 3.8) is 0 Å². The normalized spacial score (nSPS) is 18.6. The molecule has 0 saturated carbocycles. The zero-order valence-electron chi connectivity index (χ0n) is 9.03. The van der Waals surface area contributed by atoms with Crippen LogP contribution in [0, 0.1) is 5.82 Å². The number of benzene rings is 1. The Morgan fingerprint density at radius 1 is 1.12 bits per heavy atom. The van der Waals surface area contributed by atoms with Crippen LogP contribution < -0.4 is 0 Å². The summed E-state index contributed by atoms with van der Waals surface area (Å²) < 4.78 is 22.7. The molecule has 0 bridgehead atoms. The molecule has 0 N–H and O–H groups in total. The predicted molar refractivity (Wildman–Crippen MR) is 55.1 cm³/mol. The Labute approximate surface area is 96.6 Å². The average molecular weight is 236 g/mol. The molecule has 1 aliphatic heterocycles. The van der Waals surface area contributed by atoms with E-state index in [4.69, 9.17) is 9.47 Å². The van der Waals surface area contributed by atoms with Gasteiger partial charge in [-0.2, -0.15) is 0 Å². The molecule has 0 aliphatic carbocycles. The molecule has 5 heteroatoms. The van der Waals surface area contributed by atoms with E-state index in [9.17, 15) is 14.0 Å². The van der Waals surface area contributed by atoms with Crippen molar-refractivity contribution in [2.75, 3.05) is 0 Å². The second-order valence-electron chi connectivity index (χ2n) is 3.71. The van der Waals surface area contributed by atoms with E-state index in [2.05, 4.69) is 6.58 Å². The molecule has 1 fully saturated rings. The van der Waals surface area contributed by atoms with Crippen LogP contribution in [-0.2, 0) is 24.8 Å². The third-order valence-corrected chi connectivity index (χ3v) is 2.44. The van der Waals surface area contributed by atoms with Crippen LogP contribution in [0.5, 0.6) is 0 Å². The minimum absolute atomic E-state index is 0.357. The van der Waals surface area contributed by atoms with Gasteiger partial charge in [-0.05, 0) is 24.3 Å². The SMILES string of the molecule is C=C1C(=O)OC(C)(c2ccc(F)cc2)OC1=O. The lowest BCUT2D eigenvalue weighted by atomic mass is 10.1. The van der Waals surface area contributed by atoms with Crippen LogP contribution in [0.25, 0.3) is 0 Å². The van der Waals surface area contributed by atoms with E-state index in [1.807, 2.05) is 0 Å². The molecule has 0 atom stereocenters. The van der Waals surface area contributed by atoms with E-state index in [1.54, 1.807) is 0 Å². The summed E-state index contributed by atoms with van der Waals surface area (Å²) in [6, 6.07) is 5.13. The molecule has 2 rings (SSSR count). The van der Waals surface area contributed by atoms with Gasteiger partial charge in [0.25, 0.3) is 5.79 Å². The number of hydrogen-bond donors (Lipinski definition) is 0. The fraction of sp³-hybridized carbons (Fsp3) is 0.167. The van der Waals surface area contributed by atoms with Crippen molar-refractivity contribution in [2.24, 2.45) is 0 Å². The van der Waals surface area contributed by atoms with E-state index in [0.29, 0.717) is 5.56 Å². The fourth-order valence-corrected chi connectivity index (χ4v) is 1.45. The van der Waals surface area contributed by atoms with E-state index >= 15 is 0 Å². The highest BCUT2D eigenvalue weighted by molar-refractivity contribution is 6.14. The predicted octanol–water partition coefficient (Wildman–Crippen LogP) is 1.65. The highest BCUT2D eigenvalue weighted by Gasteiger charge is 2.43. The summed E-state index contributed by atoms with van der Waals surface area (Å²) in [5.74, 6) is -3.65. The highest BCUT2D eigenvalue weighted by atomic mass is 19.1. The largest absolute Gasteiger partial charge is 0.414 e. The number of halogens is 1. The molecular formula is C12H9FO4. The van der Waals surface area contributed by atoms with Crippen LogP contribution in [0.3, 0.4) is 0 Å². The van der Waals surface area contributed by atoms with Gasteiger partial charge in [0.05, 0.1) is 0 Å². The number of carbonyl (C=O) groups is 2. The second kappa shape index (κ2) is 3.69. The Kier molecular flexibility index (Phi) is 2.46. The highest BCUT2D eigenvalue weighted by Crippen LogP contribution is 2.32. The molecule has 0 amide bonds. The standard InChI is InChI=1S/C12H9FO4/c1-7-10(14)16-12(2,17-11(7)15)8-3-5-9(13)6-4-8/h3-6H,1H2,2H3. The van der Waals surface area contributed by atoms with Gasteiger partial charge in [-0.15, -0.1) is 0 Å². The van der Waals surface area contributed by atoms with Gasteiger partial charge in [0.1, 0.15) is 11.4 Å². The zero-order valence-corrected chi connectivity index (χ0v) is 9.03. The van der Waals surface area contributed by atoms with Crippen LogP contribution in [0.15, 0.2) is 36.4 Å². The van der Waals surface area contributed by atoms with Crippen molar-refractivity contribution in [3.8, 4) is 0 Å². The van der Waals surface area contributed by atoms with Crippen LogP contribution in [0.2, 0.25) is 0 Å². The Morgan fingerprint density at radius 3 is 2.06 bits per heavy atom. The molecule has 17 heavy (non-hydrogen) atoms. The average Bonchev–Trinajstić information content (AvgIpc) is 2.26. The van der Waals surface area contributed by atoms with Crippen LogP contribution in [0.1, 0.15) is 12.5 Å². The van der Waals surface area contributed by atoms with Crippen molar-refractivity contribution in [2.45, 2.75) is 12.7 Å². The fourth-order valence-electron chi connectivity index (χ4n) is 1.45. The number of carbonyl (C=O) groups excluding carboxylic acids is 2. The monoisotopic (exact) mass is 236 g/mol. The number of esters is 2. The Morgan fingerprint density at radius 2 is 1.59 bits per heavy atom. The summed E-state index contributed by atoms with van der Waals surface area (Å²) in [7, 11) is 0. The number of rotatable bonds is 1. The van der Waals surface area contributed by atoms with Gasteiger partial charge < -0.3 is 9.47 Å². The van der Waals surface area contributed by atoms with Crippen molar-refractivity contribution in [1.82, 2.24) is 0 Å². The third-order valence-electron chi connectivity index (χ3n) is 2.44. The van der Waals surface area contributed by atoms with Gasteiger partial charge >= 0.3 is 11.9 Å². The zero-order chi connectivity index (χ0) is 12.6. The van der Waals surface area contributed by atoms with E-state index < -0.39 is 23.5 Å². The van der Waals surface area contributed by atoms with Crippen LogP contribution in [-0.4, -0.2) is 11.9 Å². The number of hydrogen-bond acceptors (Lipinski definition) is 4.